The van der Waals surface area contributed by atoms with Gasteiger partial charge in [-0.3, -0.25) is 9.59 Å². The Hall–Kier alpha value is -3.08. The van der Waals surface area contributed by atoms with Crippen LogP contribution in [0.1, 0.15) is 27.7 Å². The van der Waals surface area contributed by atoms with Crippen LogP contribution < -0.4 is 0 Å². The van der Waals surface area contributed by atoms with Crippen molar-refractivity contribution in [2.75, 3.05) is 6.54 Å². The highest BCUT2D eigenvalue weighted by atomic mass is 16.3. The van der Waals surface area contributed by atoms with Crippen molar-refractivity contribution in [1.29, 1.82) is 0 Å². The fraction of sp³-hybridized carbons (Fsp3) is 0.158. The lowest BCUT2D eigenvalue weighted by Gasteiger charge is -2.25. The van der Waals surface area contributed by atoms with Crippen molar-refractivity contribution in [3.63, 3.8) is 0 Å². The summed E-state index contributed by atoms with van der Waals surface area (Å²) in [5.74, 6) is -1.54. The van der Waals surface area contributed by atoms with Gasteiger partial charge in [-0.2, -0.15) is 0 Å². The van der Waals surface area contributed by atoms with E-state index in [0.717, 1.165) is 11.1 Å². The summed E-state index contributed by atoms with van der Waals surface area (Å²) in [5, 5.41) is 10.3. The number of aliphatic hydroxyl groups excluding tert-OH is 1. The topological polar surface area (TPSA) is 70.8 Å². The summed E-state index contributed by atoms with van der Waals surface area (Å²) >= 11 is 0. The molecule has 0 saturated heterocycles. The van der Waals surface area contributed by atoms with Crippen molar-refractivity contribution in [3.05, 3.63) is 83.5 Å². The molecule has 3 rings (SSSR count). The van der Waals surface area contributed by atoms with Crippen molar-refractivity contribution in [2.24, 2.45) is 0 Å². The number of rotatable bonds is 5. The van der Waals surface area contributed by atoms with Crippen molar-refractivity contribution in [2.45, 2.75) is 13.0 Å². The quantitative estimate of drug-likeness (QED) is 0.676. The number of hydrogen-bond donors (Lipinski definition) is 1. The Balaban J connectivity index is 2.11. The van der Waals surface area contributed by atoms with E-state index in [1.807, 2.05) is 31.2 Å². The monoisotopic (exact) mass is 323 g/mol. The Morgan fingerprint density at radius 3 is 2.62 bits per heavy atom. The number of aliphatic hydroxyl groups is 1. The minimum absolute atomic E-state index is 0.0284. The first kappa shape index (κ1) is 15.8. The molecule has 0 saturated carbocycles. The van der Waals surface area contributed by atoms with E-state index >= 15 is 0 Å². The van der Waals surface area contributed by atoms with Gasteiger partial charge in [0.05, 0.1) is 17.9 Å². The molecule has 1 aromatic carbocycles. The molecule has 0 bridgehead atoms. The van der Waals surface area contributed by atoms with Crippen molar-refractivity contribution >= 4 is 11.7 Å². The standard InChI is InChI=1S/C19H17NO4/c1-3-10-20-16(13-8-6-12(2)7-9-13)15(18(22)19(20)23)17(21)14-5-4-11-24-14/h3-9,11,16,22H,1,10H2,2H3. The summed E-state index contributed by atoms with van der Waals surface area (Å²) < 4.78 is 5.15. The zero-order valence-electron chi connectivity index (χ0n) is 13.2. The van der Waals surface area contributed by atoms with E-state index in [2.05, 4.69) is 6.58 Å². The molecule has 5 nitrogen and oxygen atoms in total. The third kappa shape index (κ3) is 2.54. The van der Waals surface area contributed by atoms with Crippen LogP contribution in [0.25, 0.3) is 0 Å². The summed E-state index contributed by atoms with van der Waals surface area (Å²) in [7, 11) is 0. The summed E-state index contributed by atoms with van der Waals surface area (Å²) in [6.07, 6.45) is 2.94. The van der Waals surface area contributed by atoms with Crippen LogP contribution in [0.2, 0.25) is 0 Å². The number of carbonyl (C=O) groups excluding carboxylic acids is 2. The maximum Gasteiger partial charge on any atom is 0.290 e. The van der Waals surface area contributed by atoms with E-state index in [1.54, 1.807) is 12.1 Å². The molecule has 1 aromatic heterocycles. The lowest BCUT2D eigenvalue weighted by Crippen LogP contribution is -2.31. The Bertz CT molecular complexity index is 816. The van der Waals surface area contributed by atoms with E-state index in [4.69, 9.17) is 4.42 Å². The van der Waals surface area contributed by atoms with Crippen molar-refractivity contribution in [1.82, 2.24) is 4.90 Å². The van der Waals surface area contributed by atoms with Gasteiger partial charge in [0.15, 0.2) is 11.5 Å². The van der Waals surface area contributed by atoms with E-state index in [-0.39, 0.29) is 17.9 Å². The smallest absolute Gasteiger partial charge is 0.290 e. The van der Waals surface area contributed by atoms with Crippen LogP contribution in [0.3, 0.4) is 0 Å². The molecule has 0 aliphatic carbocycles. The minimum atomic E-state index is -0.673. The first-order valence-electron chi connectivity index (χ1n) is 7.54. The molecular formula is C19H17NO4. The summed E-state index contributed by atoms with van der Waals surface area (Å²) in [5.41, 5.74) is 1.83. The van der Waals surface area contributed by atoms with Crippen LogP contribution >= 0.6 is 0 Å². The van der Waals surface area contributed by atoms with Gasteiger partial charge in [0, 0.05) is 6.54 Å². The average molecular weight is 323 g/mol. The Labute approximate surface area is 139 Å². The van der Waals surface area contributed by atoms with Crippen LogP contribution in [0.5, 0.6) is 0 Å². The van der Waals surface area contributed by atoms with Crippen molar-refractivity contribution < 1.29 is 19.1 Å². The van der Waals surface area contributed by atoms with Crippen LogP contribution in [0, 0.1) is 6.92 Å². The maximum absolute atomic E-state index is 12.7. The van der Waals surface area contributed by atoms with Crippen LogP contribution in [-0.4, -0.2) is 28.2 Å². The number of carbonyl (C=O) groups is 2. The number of hydrogen-bond acceptors (Lipinski definition) is 4. The van der Waals surface area contributed by atoms with E-state index in [9.17, 15) is 14.7 Å². The molecule has 1 aliphatic rings. The zero-order chi connectivity index (χ0) is 17.3. The van der Waals surface area contributed by atoms with Gasteiger partial charge in [-0.25, -0.2) is 0 Å². The van der Waals surface area contributed by atoms with Crippen LogP contribution in [-0.2, 0) is 4.79 Å². The highest BCUT2D eigenvalue weighted by Gasteiger charge is 2.43. The van der Waals surface area contributed by atoms with Gasteiger partial charge in [0.1, 0.15) is 0 Å². The second kappa shape index (κ2) is 6.20. The molecule has 1 atom stereocenters. The molecule has 1 amide bonds. The molecule has 2 heterocycles. The number of amides is 1. The van der Waals surface area contributed by atoms with Gasteiger partial charge in [0.2, 0.25) is 5.78 Å². The zero-order valence-corrected chi connectivity index (χ0v) is 13.2. The number of furan rings is 1. The summed E-state index contributed by atoms with van der Waals surface area (Å²) in [6, 6.07) is 9.91. The van der Waals surface area contributed by atoms with Crippen molar-refractivity contribution in [3.8, 4) is 0 Å². The third-order valence-corrected chi connectivity index (χ3v) is 4.01. The normalized spacial score (nSPS) is 17.5. The SMILES string of the molecule is C=CCN1C(=O)C(O)=C(C(=O)c2ccco2)C1c1ccc(C)cc1. The lowest BCUT2D eigenvalue weighted by molar-refractivity contribution is -0.128. The molecule has 0 radical (unpaired) electrons. The van der Waals surface area contributed by atoms with Crippen LogP contribution in [0.15, 0.2) is 71.1 Å². The molecular weight excluding hydrogens is 306 g/mol. The number of aryl methyl sites for hydroxylation is 1. The Morgan fingerprint density at radius 2 is 2.04 bits per heavy atom. The fourth-order valence-corrected chi connectivity index (χ4v) is 2.85. The predicted octanol–water partition coefficient (Wildman–Crippen LogP) is 3.35. The highest BCUT2D eigenvalue weighted by Crippen LogP contribution is 2.38. The number of ketones is 1. The second-order valence-corrected chi connectivity index (χ2v) is 5.63. The van der Waals surface area contributed by atoms with Gasteiger partial charge in [-0.05, 0) is 24.6 Å². The first-order chi connectivity index (χ1) is 11.5. The highest BCUT2D eigenvalue weighted by molar-refractivity contribution is 6.15. The molecule has 122 valence electrons. The molecule has 0 spiro atoms. The molecule has 1 N–H and O–H groups in total. The third-order valence-electron chi connectivity index (χ3n) is 4.01. The van der Waals surface area contributed by atoms with E-state index < -0.39 is 23.5 Å². The fourth-order valence-electron chi connectivity index (χ4n) is 2.85. The van der Waals surface area contributed by atoms with Gasteiger partial charge in [-0.1, -0.05) is 35.9 Å². The van der Waals surface area contributed by atoms with Gasteiger partial charge < -0.3 is 14.4 Å². The lowest BCUT2D eigenvalue weighted by atomic mass is 9.94. The minimum Gasteiger partial charge on any atom is -0.503 e. The largest absolute Gasteiger partial charge is 0.503 e. The molecule has 0 fully saturated rings. The molecule has 2 aromatic rings. The van der Waals surface area contributed by atoms with E-state index in [1.165, 1.54) is 17.2 Å². The van der Waals surface area contributed by atoms with Crippen LogP contribution in [0.4, 0.5) is 0 Å². The predicted molar refractivity (Wildman–Crippen MR) is 88.5 cm³/mol. The van der Waals surface area contributed by atoms with Gasteiger partial charge >= 0.3 is 0 Å². The number of nitrogens with zero attached hydrogens (tertiary/aromatic N) is 1. The summed E-state index contributed by atoms with van der Waals surface area (Å²) in [6.45, 7) is 5.82. The Morgan fingerprint density at radius 1 is 1.33 bits per heavy atom. The first-order valence-corrected chi connectivity index (χ1v) is 7.54. The Kier molecular flexibility index (Phi) is 4.08. The van der Waals surface area contributed by atoms with Gasteiger partial charge in [0.25, 0.3) is 5.91 Å². The summed E-state index contributed by atoms with van der Waals surface area (Å²) in [4.78, 5) is 26.6. The molecule has 1 aliphatic heterocycles. The number of benzene rings is 1. The molecule has 24 heavy (non-hydrogen) atoms. The van der Waals surface area contributed by atoms with Gasteiger partial charge in [-0.15, -0.1) is 6.58 Å². The average Bonchev–Trinajstić information content (AvgIpc) is 3.19. The second-order valence-electron chi connectivity index (χ2n) is 5.63. The maximum atomic E-state index is 12.7. The molecule has 1 unspecified atom stereocenters. The molecule has 5 heteroatoms. The van der Waals surface area contributed by atoms with E-state index in [0.29, 0.717) is 0 Å². The number of Topliss-reactive ketones (excluding diaryl/α,β-unsaturated/α-hetero) is 1.